The van der Waals surface area contributed by atoms with E-state index < -0.39 is 0 Å². The summed E-state index contributed by atoms with van der Waals surface area (Å²) in [6, 6.07) is 10.8. The van der Waals surface area contributed by atoms with E-state index in [2.05, 4.69) is 53.7 Å². The van der Waals surface area contributed by atoms with Crippen LogP contribution in [0.3, 0.4) is 0 Å². The van der Waals surface area contributed by atoms with Crippen molar-refractivity contribution in [1.82, 2.24) is 10.6 Å². The lowest BCUT2D eigenvalue weighted by Crippen LogP contribution is -2.31. The van der Waals surface area contributed by atoms with Crippen molar-refractivity contribution in [1.29, 1.82) is 0 Å². The van der Waals surface area contributed by atoms with Crippen molar-refractivity contribution in [3.8, 4) is 0 Å². The van der Waals surface area contributed by atoms with Gasteiger partial charge in [0.2, 0.25) is 5.91 Å². The van der Waals surface area contributed by atoms with E-state index in [-0.39, 0.29) is 12.5 Å². The smallest absolute Gasteiger partial charge is 0.241 e. The van der Waals surface area contributed by atoms with Gasteiger partial charge in [-0.3, -0.25) is 9.79 Å². The Morgan fingerprint density at radius 3 is 2.90 bits per heavy atom. The fourth-order valence-electron chi connectivity index (χ4n) is 2.05. The molecule has 1 aromatic rings. The summed E-state index contributed by atoms with van der Waals surface area (Å²) in [5, 5.41) is 7.15. The van der Waals surface area contributed by atoms with Gasteiger partial charge >= 0.3 is 0 Å². The molecule has 1 amide bonds. The SMILES string of the molecule is CC(C)CNC(=O)CN=C1NC(Cc2ccccc2)CS1. The highest BCUT2D eigenvalue weighted by Gasteiger charge is 2.20. The molecular formula is C16H23N3OS. The number of carbonyl (C=O) groups is 1. The zero-order valence-electron chi connectivity index (χ0n) is 12.6. The van der Waals surface area contributed by atoms with Crippen molar-refractivity contribution in [2.75, 3.05) is 18.8 Å². The van der Waals surface area contributed by atoms with Crippen LogP contribution in [0.2, 0.25) is 0 Å². The van der Waals surface area contributed by atoms with Crippen molar-refractivity contribution in [2.45, 2.75) is 26.3 Å². The van der Waals surface area contributed by atoms with Crippen LogP contribution in [-0.2, 0) is 11.2 Å². The topological polar surface area (TPSA) is 53.5 Å². The maximum Gasteiger partial charge on any atom is 0.241 e. The second-order valence-electron chi connectivity index (χ2n) is 5.66. The second-order valence-corrected chi connectivity index (χ2v) is 6.67. The molecule has 1 aromatic carbocycles. The average molecular weight is 305 g/mol. The Kier molecular flexibility index (Phi) is 6.11. The van der Waals surface area contributed by atoms with E-state index in [1.54, 1.807) is 11.8 Å². The van der Waals surface area contributed by atoms with Gasteiger partial charge in [0, 0.05) is 18.3 Å². The fourth-order valence-corrected chi connectivity index (χ4v) is 3.02. The lowest BCUT2D eigenvalue weighted by Gasteiger charge is -2.09. The van der Waals surface area contributed by atoms with Gasteiger partial charge in [-0.15, -0.1) is 0 Å². The summed E-state index contributed by atoms with van der Waals surface area (Å²) in [4.78, 5) is 16.0. The number of benzene rings is 1. The Morgan fingerprint density at radius 1 is 1.43 bits per heavy atom. The Balaban J connectivity index is 1.74. The molecule has 1 atom stereocenters. The molecule has 1 heterocycles. The summed E-state index contributed by atoms with van der Waals surface area (Å²) in [6.07, 6.45) is 0.992. The first-order chi connectivity index (χ1) is 10.1. The number of carbonyl (C=O) groups excluding carboxylic acids is 1. The van der Waals surface area contributed by atoms with E-state index in [9.17, 15) is 4.79 Å². The lowest BCUT2D eigenvalue weighted by atomic mass is 10.1. The Hall–Kier alpha value is -1.49. The first-order valence-corrected chi connectivity index (χ1v) is 8.36. The van der Waals surface area contributed by atoms with Crippen molar-refractivity contribution in [2.24, 2.45) is 10.9 Å². The van der Waals surface area contributed by atoms with Gasteiger partial charge in [-0.25, -0.2) is 0 Å². The molecule has 2 N–H and O–H groups in total. The van der Waals surface area contributed by atoms with E-state index in [0.717, 1.165) is 17.3 Å². The molecule has 5 heteroatoms. The van der Waals surface area contributed by atoms with Crippen molar-refractivity contribution in [3.05, 3.63) is 35.9 Å². The van der Waals surface area contributed by atoms with E-state index >= 15 is 0 Å². The van der Waals surface area contributed by atoms with Crippen LogP contribution in [-0.4, -0.2) is 36.0 Å². The number of hydrogen-bond acceptors (Lipinski definition) is 3. The molecule has 1 aliphatic rings. The van der Waals surface area contributed by atoms with Crippen LogP contribution in [0.5, 0.6) is 0 Å². The standard InChI is InChI=1S/C16H23N3OS/c1-12(2)9-17-15(20)10-18-16-19-14(11-21-16)8-13-6-4-3-5-7-13/h3-7,12,14H,8-11H2,1-2H3,(H,17,20)(H,18,19). The van der Waals surface area contributed by atoms with Crippen LogP contribution < -0.4 is 10.6 Å². The Morgan fingerprint density at radius 2 is 2.19 bits per heavy atom. The molecule has 114 valence electrons. The summed E-state index contributed by atoms with van der Waals surface area (Å²) in [7, 11) is 0. The Labute approximate surface area is 130 Å². The molecule has 0 aliphatic carbocycles. The number of thioether (sulfide) groups is 1. The Bertz CT molecular complexity index is 488. The van der Waals surface area contributed by atoms with Gasteiger partial charge in [-0.2, -0.15) is 0 Å². The minimum atomic E-state index is -0.00916. The van der Waals surface area contributed by atoms with Crippen LogP contribution in [0.15, 0.2) is 35.3 Å². The van der Waals surface area contributed by atoms with Crippen molar-refractivity contribution < 1.29 is 4.79 Å². The summed E-state index contributed by atoms with van der Waals surface area (Å²) in [5.74, 6) is 1.46. The molecule has 0 spiro atoms. The van der Waals surface area contributed by atoms with Crippen LogP contribution in [0, 0.1) is 5.92 Å². The summed E-state index contributed by atoms with van der Waals surface area (Å²) in [6.45, 7) is 5.07. The van der Waals surface area contributed by atoms with E-state index in [1.165, 1.54) is 5.56 Å². The number of amides is 1. The van der Waals surface area contributed by atoms with Crippen LogP contribution in [0.25, 0.3) is 0 Å². The average Bonchev–Trinajstić information content (AvgIpc) is 2.91. The van der Waals surface area contributed by atoms with Gasteiger partial charge in [0.1, 0.15) is 6.54 Å². The number of nitrogens with one attached hydrogen (secondary N) is 2. The maximum absolute atomic E-state index is 11.6. The molecule has 1 saturated heterocycles. The third-order valence-electron chi connectivity index (χ3n) is 3.15. The molecule has 0 bridgehead atoms. The van der Waals surface area contributed by atoms with Crippen LogP contribution >= 0.6 is 11.8 Å². The molecule has 2 rings (SSSR count). The summed E-state index contributed by atoms with van der Waals surface area (Å²) < 4.78 is 0. The summed E-state index contributed by atoms with van der Waals surface area (Å²) >= 11 is 1.69. The molecule has 0 saturated carbocycles. The zero-order chi connectivity index (χ0) is 15.1. The lowest BCUT2D eigenvalue weighted by molar-refractivity contribution is -0.119. The quantitative estimate of drug-likeness (QED) is 0.846. The number of aliphatic imine (C=N–C) groups is 1. The third-order valence-corrected chi connectivity index (χ3v) is 4.24. The number of hydrogen-bond donors (Lipinski definition) is 2. The van der Waals surface area contributed by atoms with Crippen molar-refractivity contribution >= 4 is 22.8 Å². The van der Waals surface area contributed by atoms with E-state index in [4.69, 9.17) is 0 Å². The summed E-state index contributed by atoms with van der Waals surface area (Å²) in [5.41, 5.74) is 1.33. The van der Waals surface area contributed by atoms with Gasteiger partial charge in [0.15, 0.2) is 5.17 Å². The molecule has 4 nitrogen and oxygen atoms in total. The van der Waals surface area contributed by atoms with Gasteiger partial charge in [0.25, 0.3) is 0 Å². The highest BCUT2D eigenvalue weighted by molar-refractivity contribution is 8.14. The van der Waals surface area contributed by atoms with Gasteiger partial charge in [0.05, 0.1) is 0 Å². The number of amidine groups is 1. The molecule has 1 unspecified atom stereocenters. The maximum atomic E-state index is 11.6. The fraction of sp³-hybridized carbons (Fsp3) is 0.500. The minimum absolute atomic E-state index is 0.00916. The molecule has 0 aromatic heterocycles. The van der Waals surface area contributed by atoms with Gasteiger partial charge in [-0.05, 0) is 17.9 Å². The molecule has 1 aliphatic heterocycles. The molecule has 21 heavy (non-hydrogen) atoms. The highest BCUT2D eigenvalue weighted by atomic mass is 32.2. The second kappa shape index (κ2) is 8.08. The first-order valence-electron chi connectivity index (χ1n) is 7.38. The van der Waals surface area contributed by atoms with E-state index in [1.807, 2.05) is 6.07 Å². The van der Waals surface area contributed by atoms with E-state index in [0.29, 0.717) is 18.5 Å². The zero-order valence-corrected chi connectivity index (χ0v) is 13.5. The van der Waals surface area contributed by atoms with Gasteiger partial charge in [-0.1, -0.05) is 55.9 Å². The predicted octanol–water partition coefficient (Wildman–Crippen LogP) is 2.06. The first kappa shape index (κ1) is 15.9. The van der Waals surface area contributed by atoms with Crippen LogP contribution in [0.4, 0.5) is 0 Å². The molecular weight excluding hydrogens is 282 g/mol. The van der Waals surface area contributed by atoms with Gasteiger partial charge < -0.3 is 10.6 Å². The molecule has 1 fully saturated rings. The number of nitrogens with zero attached hydrogens (tertiary/aromatic N) is 1. The minimum Gasteiger partial charge on any atom is -0.361 e. The molecule has 0 radical (unpaired) electrons. The predicted molar refractivity (Wildman–Crippen MR) is 89.7 cm³/mol. The highest BCUT2D eigenvalue weighted by Crippen LogP contribution is 2.17. The third kappa shape index (κ3) is 5.79. The monoisotopic (exact) mass is 305 g/mol. The number of rotatable bonds is 6. The normalized spacial score (nSPS) is 19.8. The largest absolute Gasteiger partial charge is 0.361 e. The van der Waals surface area contributed by atoms with Crippen LogP contribution in [0.1, 0.15) is 19.4 Å². The van der Waals surface area contributed by atoms with Crippen molar-refractivity contribution in [3.63, 3.8) is 0 Å².